The van der Waals surface area contributed by atoms with Gasteiger partial charge in [0.1, 0.15) is 33.5 Å². The molecule has 0 bridgehead atoms. The SMILES string of the molecule is c1ccc2cc3c(cc2c1)oc1ccc(N(c2ccc4oc5ccccc5c4c2)c2ccc4oc5ccccc5c4c2)cc13. The van der Waals surface area contributed by atoms with Gasteiger partial charge in [0.2, 0.25) is 0 Å². The van der Waals surface area contributed by atoms with E-state index in [9.17, 15) is 0 Å². The van der Waals surface area contributed by atoms with E-state index < -0.39 is 0 Å². The average Bonchev–Trinajstić information content (AvgIpc) is 3.74. The van der Waals surface area contributed by atoms with E-state index in [0.29, 0.717) is 0 Å². The number of hydrogen-bond donors (Lipinski definition) is 0. The van der Waals surface area contributed by atoms with Crippen LogP contribution in [0, 0.1) is 0 Å². The molecular weight excluding hydrogens is 542 g/mol. The Hall–Kier alpha value is -6.00. The Labute approximate surface area is 250 Å². The van der Waals surface area contributed by atoms with Gasteiger partial charge in [0, 0.05) is 49.4 Å². The molecule has 3 aromatic heterocycles. The van der Waals surface area contributed by atoms with Gasteiger partial charge >= 0.3 is 0 Å². The Morgan fingerprint density at radius 2 is 0.682 bits per heavy atom. The molecule has 0 aliphatic heterocycles. The second-order valence-corrected chi connectivity index (χ2v) is 11.4. The maximum absolute atomic E-state index is 6.35. The molecule has 44 heavy (non-hydrogen) atoms. The van der Waals surface area contributed by atoms with Gasteiger partial charge in [0.25, 0.3) is 0 Å². The number of hydrogen-bond acceptors (Lipinski definition) is 4. The first-order chi connectivity index (χ1) is 21.8. The van der Waals surface area contributed by atoms with Crippen molar-refractivity contribution in [1.82, 2.24) is 0 Å². The minimum absolute atomic E-state index is 0.867. The fraction of sp³-hybridized carbons (Fsp3) is 0. The monoisotopic (exact) mass is 565 g/mol. The van der Waals surface area contributed by atoms with Gasteiger partial charge in [0.05, 0.1) is 0 Å². The van der Waals surface area contributed by atoms with E-state index >= 15 is 0 Å². The highest BCUT2D eigenvalue weighted by atomic mass is 16.3. The lowest BCUT2D eigenvalue weighted by atomic mass is 10.0. The van der Waals surface area contributed by atoms with Crippen LogP contribution in [-0.4, -0.2) is 0 Å². The normalized spacial score (nSPS) is 12.1. The smallest absolute Gasteiger partial charge is 0.136 e. The van der Waals surface area contributed by atoms with Crippen molar-refractivity contribution in [3.63, 3.8) is 0 Å². The summed E-state index contributed by atoms with van der Waals surface area (Å²) in [5.41, 5.74) is 8.37. The van der Waals surface area contributed by atoms with Crippen LogP contribution >= 0.6 is 0 Å². The van der Waals surface area contributed by atoms with Gasteiger partial charge in [-0.15, -0.1) is 0 Å². The number of benzene rings is 7. The summed E-state index contributed by atoms with van der Waals surface area (Å²) in [6.07, 6.45) is 0. The van der Waals surface area contributed by atoms with Crippen molar-refractivity contribution in [3.05, 3.63) is 140 Å². The molecule has 0 fully saturated rings. The number of fused-ring (bicyclic) bond motifs is 10. The van der Waals surface area contributed by atoms with E-state index in [2.05, 4.69) is 120 Å². The highest BCUT2D eigenvalue weighted by molar-refractivity contribution is 6.12. The average molecular weight is 566 g/mol. The molecule has 10 aromatic rings. The lowest BCUT2D eigenvalue weighted by Crippen LogP contribution is -2.09. The molecule has 7 aromatic carbocycles. The molecule has 3 heterocycles. The number of anilines is 3. The molecule has 0 unspecified atom stereocenters. The predicted molar refractivity (Wildman–Crippen MR) is 180 cm³/mol. The second kappa shape index (κ2) is 8.76. The summed E-state index contributed by atoms with van der Waals surface area (Å²) >= 11 is 0. The predicted octanol–water partition coefficient (Wildman–Crippen LogP) is 12.0. The fourth-order valence-electron chi connectivity index (χ4n) is 6.74. The van der Waals surface area contributed by atoms with Crippen molar-refractivity contribution in [1.29, 1.82) is 0 Å². The summed E-state index contributed by atoms with van der Waals surface area (Å²) in [4.78, 5) is 2.31. The summed E-state index contributed by atoms with van der Waals surface area (Å²) in [7, 11) is 0. The van der Waals surface area contributed by atoms with Gasteiger partial charge in [-0.2, -0.15) is 0 Å². The van der Waals surface area contributed by atoms with Crippen molar-refractivity contribution in [2.75, 3.05) is 4.90 Å². The summed E-state index contributed by atoms with van der Waals surface area (Å²) < 4.78 is 18.7. The molecule has 0 atom stereocenters. The van der Waals surface area contributed by atoms with E-state index in [1.165, 1.54) is 10.8 Å². The number of rotatable bonds is 3. The van der Waals surface area contributed by atoms with Crippen LogP contribution < -0.4 is 4.90 Å². The summed E-state index contributed by atoms with van der Waals surface area (Å²) in [5, 5.41) is 8.92. The maximum atomic E-state index is 6.35. The Balaban J connectivity index is 1.24. The molecule has 0 N–H and O–H groups in total. The van der Waals surface area contributed by atoms with Gasteiger partial charge in [-0.05, 0) is 89.6 Å². The first-order valence-electron chi connectivity index (χ1n) is 14.7. The van der Waals surface area contributed by atoms with E-state index in [1.54, 1.807) is 0 Å². The lowest BCUT2D eigenvalue weighted by Gasteiger charge is -2.25. The van der Waals surface area contributed by atoms with Crippen LogP contribution in [0.1, 0.15) is 0 Å². The number of para-hydroxylation sites is 2. The van der Waals surface area contributed by atoms with Crippen molar-refractivity contribution in [2.24, 2.45) is 0 Å². The standard InChI is InChI=1S/C40H23NO3/c1-2-8-25-20-40-31(19-24(25)7-1)34-23-28(15-18-39(34)44-40)41(26-13-16-37-32(21-26)29-9-3-5-11-35(29)42-37)27-14-17-38-33(22-27)30-10-4-6-12-36(30)43-38/h1-23H. The Morgan fingerprint density at radius 1 is 0.295 bits per heavy atom. The molecule has 0 saturated heterocycles. The first-order valence-corrected chi connectivity index (χ1v) is 14.7. The number of nitrogens with zero attached hydrogens (tertiary/aromatic N) is 1. The molecule has 0 aliphatic rings. The second-order valence-electron chi connectivity index (χ2n) is 11.4. The summed E-state index contributed by atoms with van der Waals surface area (Å²) in [6, 6.07) is 48.5. The molecule has 0 aliphatic carbocycles. The molecule has 0 radical (unpaired) electrons. The topological polar surface area (TPSA) is 42.7 Å². The van der Waals surface area contributed by atoms with E-state index in [4.69, 9.17) is 13.3 Å². The maximum Gasteiger partial charge on any atom is 0.136 e. The molecule has 4 heteroatoms. The molecule has 0 saturated carbocycles. The molecule has 0 amide bonds. The van der Waals surface area contributed by atoms with Gasteiger partial charge in [-0.3, -0.25) is 0 Å². The largest absolute Gasteiger partial charge is 0.456 e. The van der Waals surface area contributed by atoms with Gasteiger partial charge < -0.3 is 18.2 Å². The van der Waals surface area contributed by atoms with E-state index in [1.807, 2.05) is 24.3 Å². The Kier molecular flexibility index (Phi) is 4.69. The molecular formula is C40H23NO3. The van der Waals surface area contributed by atoms with Crippen LogP contribution in [0.25, 0.3) is 76.6 Å². The minimum Gasteiger partial charge on any atom is -0.456 e. The van der Waals surface area contributed by atoms with E-state index in [0.717, 1.165) is 82.9 Å². The summed E-state index contributed by atoms with van der Waals surface area (Å²) in [6.45, 7) is 0. The summed E-state index contributed by atoms with van der Waals surface area (Å²) in [5.74, 6) is 0. The third kappa shape index (κ3) is 3.39. The Morgan fingerprint density at radius 3 is 1.23 bits per heavy atom. The van der Waals surface area contributed by atoms with Crippen molar-refractivity contribution in [2.45, 2.75) is 0 Å². The molecule has 10 rings (SSSR count). The van der Waals surface area contributed by atoms with Crippen LogP contribution in [0.5, 0.6) is 0 Å². The van der Waals surface area contributed by atoms with Crippen LogP contribution in [-0.2, 0) is 0 Å². The van der Waals surface area contributed by atoms with Gasteiger partial charge in [-0.1, -0.05) is 60.7 Å². The van der Waals surface area contributed by atoms with E-state index in [-0.39, 0.29) is 0 Å². The third-order valence-electron chi connectivity index (χ3n) is 8.82. The Bertz CT molecular complexity index is 2630. The minimum atomic E-state index is 0.867. The zero-order valence-electron chi connectivity index (χ0n) is 23.5. The fourth-order valence-corrected chi connectivity index (χ4v) is 6.74. The van der Waals surface area contributed by atoms with Crippen molar-refractivity contribution in [3.8, 4) is 0 Å². The molecule has 0 spiro atoms. The highest BCUT2D eigenvalue weighted by Crippen LogP contribution is 2.43. The zero-order valence-corrected chi connectivity index (χ0v) is 23.5. The zero-order chi connectivity index (χ0) is 28.8. The molecule has 206 valence electrons. The van der Waals surface area contributed by atoms with Gasteiger partial charge in [0.15, 0.2) is 0 Å². The van der Waals surface area contributed by atoms with Crippen LogP contribution in [0.4, 0.5) is 17.1 Å². The lowest BCUT2D eigenvalue weighted by molar-refractivity contribution is 0.668. The van der Waals surface area contributed by atoms with Crippen molar-refractivity contribution < 1.29 is 13.3 Å². The quantitative estimate of drug-likeness (QED) is 0.214. The van der Waals surface area contributed by atoms with Crippen LogP contribution in [0.3, 0.4) is 0 Å². The number of furan rings is 3. The highest BCUT2D eigenvalue weighted by Gasteiger charge is 2.19. The molecule has 4 nitrogen and oxygen atoms in total. The van der Waals surface area contributed by atoms with Crippen LogP contribution in [0.2, 0.25) is 0 Å². The van der Waals surface area contributed by atoms with Gasteiger partial charge in [-0.25, -0.2) is 0 Å². The first kappa shape index (κ1) is 23.6. The van der Waals surface area contributed by atoms with Crippen LogP contribution in [0.15, 0.2) is 153 Å². The van der Waals surface area contributed by atoms with Crippen molar-refractivity contribution >= 4 is 93.7 Å². The third-order valence-corrected chi connectivity index (χ3v) is 8.82.